The molecule has 0 spiro atoms. The highest BCUT2D eigenvalue weighted by Gasteiger charge is 2.48. The van der Waals surface area contributed by atoms with Gasteiger partial charge < -0.3 is 16.5 Å². The summed E-state index contributed by atoms with van der Waals surface area (Å²) in [4.78, 5) is 34.9. The number of nitrogens with one attached hydrogen (secondary N) is 2. The minimum Gasteiger partial charge on any atom is -0.368 e. The summed E-state index contributed by atoms with van der Waals surface area (Å²) in [6.45, 7) is 0.405. The fourth-order valence-electron chi connectivity index (χ4n) is 4.81. The Labute approximate surface area is 194 Å². The number of rotatable bonds is 6. The largest absolute Gasteiger partial charge is 0.368 e. The van der Waals surface area contributed by atoms with Gasteiger partial charge in [-0.15, -0.1) is 23.1 Å². The summed E-state index contributed by atoms with van der Waals surface area (Å²) in [7, 11) is 0. The molecule has 1 aliphatic carbocycles. The van der Waals surface area contributed by atoms with E-state index < -0.39 is 11.2 Å². The topological polar surface area (TPSA) is 121 Å². The number of primary amides is 1. The molecule has 1 saturated heterocycles. The van der Waals surface area contributed by atoms with Gasteiger partial charge in [0.15, 0.2) is 0 Å². The smallest absolute Gasteiger partial charge is 0.236 e. The van der Waals surface area contributed by atoms with Crippen LogP contribution < -0.4 is 11.1 Å². The van der Waals surface area contributed by atoms with Gasteiger partial charge >= 0.3 is 0 Å². The van der Waals surface area contributed by atoms with E-state index in [1.807, 2.05) is 29.6 Å². The highest BCUT2D eigenvalue weighted by atomic mass is 32.2. The van der Waals surface area contributed by atoms with Crippen molar-refractivity contribution in [2.75, 3.05) is 0 Å². The lowest BCUT2D eigenvalue weighted by molar-refractivity contribution is -0.121. The van der Waals surface area contributed by atoms with Gasteiger partial charge in [-0.1, -0.05) is 12.1 Å². The predicted octanol–water partition coefficient (Wildman–Crippen LogP) is 3.03. The van der Waals surface area contributed by atoms with Crippen molar-refractivity contribution < 1.29 is 9.59 Å². The second-order valence-corrected chi connectivity index (χ2v) is 10.3. The van der Waals surface area contributed by atoms with E-state index in [1.54, 1.807) is 17.5 Å². The SMILES string of the molecule is N=C1C2=C(c3cccs3)C3CCC(CC(=O)NCc4ccccn4)C3=NC2SC1C(N)=O. The Morgan fingerprint density at radius 3 is 2.78 bits per heavy atom. The first-order valence-electron chi connectivity index (χ1n) is 10.6. The maximum atomic E-state index is 12.7. The zero-order chi connectivity index (χ0) is 22.2. The summed E-state index contributed by atoms with van der Waals surface area (Å²) in [5.74, 6) is -0.370. The molecule has 164 valence electrons. The number of aliphatic imine (C=N–C) groups is 1. The monoisotopic (exact) mass is 465 g/mol. The summed E-state index contributed by atoms with van der Waals surface area (Å²) >= 11 is 2.98. The van der Waals surface area contributed by atoms with E-state index in [-0.39, 0.29) is 28.8 Å². The molecule has 2 aromatic rings. The number of fused-ring (bicyclic) bond motifs is 2. The molecule has 5 rings (SSSR count). The zero-order valence-electron chi connectivity index (χ0n) is 17.3. The normalized spacial score (nSPS) is 26.5. The molecule has 7 nitrogen and oxygen atoms in total. The fraction of sp³-hybridized carbons (Fsp3) is 0.348. The van der Waals surface area contributed by atoms with Crippen LogP contribution in [0.5, 0.6) is 0 Å². The average molecular weight is 466 g/mol. The molecule has 4 heterocycles. The molecular weight excluding hydrogens is 442 g/mol. The third kappa shape index (κ3) is 3.80. The number of pyridine rings is 1. The molecule has 9 heteroatoms. The molecule has 4 unspecified atom stereocenters. The van der Waals surface area contributed by atoms with Crippen molar-refractivity contribution in [2.45, 2.75) is 36.4 Å². The van der Waals surface area contributed by atoms with Crippen molar-refractivity contribution in [3.63, 3.8) is 0 Å². The average Bonchev–Trinajstić information content (AvgIpc) is 3.52. The summed E-state index contributed by atoms with van der Waals surface area (Å²) in [6.07, 6.45) is 3.86. The second-order valence-electron chi connectivity index (χ2n) is 8.17. The van der Waals surface area contributed by atoms with Crippen LogP contribution in [0.15, 0.2) is 52.5 Å². The highest BCUT2D eigenvalue weighted by molar-refractivity contribution is 8.02. The van der Waals surface area contributed by atoms with Crippen molar-refractivity contribution in [1.29, 1.82) is 5.41 Å². The molecule has 2 aromatic heterocycles. The van der Waals surface area contributed by atoms with E-state index >= 15 is 0 Å². The number of hydrogen-bond acceptors (Lipinski definition) is 7. The van der Waals surface area contributed by atoms with Crippen LogP contribution in [0.3, 0.4) is 0 Å². The van der Waals surface area contributed by atoms with Crippen LogP contribution in [0.2, 0.25) is 0 Å². The molecule has 4 atom stereocenters. The van der Waals surface area contributed by atoms with Gasteiger partial charge in [0.05, 0.1) is 18.0 Å². The van der Waals surface area contributed by atoms with E-state index in [0.29, 0.717) is 13.0 Å². The van der Waals surface area contributed by atoms with Gasteiger partial charge in [-0.05, 0) is 42.0 Å². The van der Waals surface area contributed by atoms with Crippen LogP contribution in [0.25, 0.3) is 5.57 Å². The van der Waals surface area contributed by atoms with Crippen LogP contribution in [0.4, 0.5) is 0 Å². The molecule has 1 saturated carbocycles. The lowest BCUT2D eigenvalue weighted by Crippen LogP contribution is -2.31. The summed E-state index contributed by atoms with van der Waals surface area (Å²) in [5.41, 5.74) is 9.66. The molecule has 2 fully saturated rings. The molecular formula is C23H23N5O2S2. The number of nitrogens with two attached hydrogens (primary N) is 1. The van der Waals surface area contributed by atoms with Gasteiger partial charge in [-0.3, -0.25) is 19.6 Å². The summed E-state index contributed by atoms with van der Waals surface area (Å²) in [5, 5.41) is 12.6. The number of hydrogen-bond donors (Lipinski definition) is 3. The van der Waals surface area contributed by atoms with Crippen molar-refractivity contribution in [1.82, 2.24) is 10.3 Å². The number of carbonyl (C=O) groups excluding carboxylic acids is 2. The van der Waals surface area contributed by atoms with E-state index in [4.69, 9.17) is 16.1 Å². The van der Waals surface area contributed by atoms with Crippen molar-refractivity contribution >= 4 is 51.9 Å². The number of aromatic nitrogens is 1. The predicted molar refractivity (Wildman–Crippen MR) is 128 cm³/mol. The quantitative estimate of drug-likeness (QED) is 0.607. The minimum absolute atomic E-state index is 0.0155. The number of thiophene rings is 1. The Morgan fingerprint density at radius 2 is 2.06 bits per heavy atom. The molecule has 0 bridgehead atoms. The van der Waals surface area contributed by atoms with Gasteiger partial charge in [0.2, 0.25) is 11.8 Å². The Hall–Kier alpha value is -2.78. The van der Waals surface area contributed by atoms with Gasteiger partial charge in [0, 0.05) is 40.6 Å². The number of amides is 2. The van der Waals surface area contributed by atoms with Gasteiger partial charge in [0.1, 0.15) is 10.6 Å². The van der Waals surface area contributed by atoms with Crippen LogP contribution in [0.1, 0.15) is 29.8 Å². The van der Waals surface area contributed by atoms with Crippen LogP contribution in [-0.2, 0) is 16.1 Å². The van der Waals surface area contributed by atoms with E-state index in [2.05, 4.69) is 16.4 Å². The van der Waals surface area contributed by atoms with Crippen molar-refractivity contribution in [3.05, 3.63) is 58.1 Å². The minimum atomic E-state index is -0.673. The summed E-state index contributed by atoms with van der Waals surface area (Å²) < 4.78 is 0. The van der Waals surface area contributed by atoms with E-state index in [1.165, 1.54) is 11.8 Å². The first kappa shape index (κ1) is 21.1. The lowest BCUT2D eigenvalue weighted by atomic mass is 9.84. The number of carbonyl (C=O) groups is 2. The van der Waals surface area contributed by atoms with Gasteiger partial charge in [-0.25, -0.2) is 0 Å². The molecule has 0 radical (unpaired) electrons. The Balaban J connectivity index is 1.38. The van der Waals surface area contributed by atoms with Gasteiger partial charge in [-0.2, -0.15) is 0 Å². The van der Waals surface area contributed by atoms with Crippen LogP contribution in [-0.4, -0.2) is 38.8 Å². The highest BCUT2D eigenvalue weighted by Crippen LogP contribution is 2.51. The maximum Gasteiger partial charge on any atom is 0.236 e. The molecule has 2 aliphatic heterocycles. The van der Waals surface area contributed by atoms with Crippen LogP contribution >= 0.6 is 23.1 Å². The Kier molecular flexibility index (Phi) is 5.69. The third-order valence-electron chi connectivity index (χ3n) is 6.22. The number of dihydropyridines is 1. The van der Waals surface area contributed by atoms with E-state index in [9.17, 15) is 9.59 Å². The lowest BCUT2D eigenvalue weighted by Gasteiger charge is -2.27. The van der Waals surface area contributed by atoms with E-state index in [0.717, 1.165) is 40.3 Å². The number of allylic oxidation sites excluding steroid dienone is 1. The van der Waals surface area contributed by atoms with Crippen molar-refractivity contribution in [2.24, 2.45) is 22.6 Å². The number of thioether (sulfide) groups is 1. The first-order chi connectivity index (χ1) is 15.5. The molecule has 32 heavy (non-hydrogen) atoms. The Bertz CT molecular complexity index is 1130. The Morgan fingerprint density at radius 1 is 1.19 bits per heavy atom. The molecule has 0 aromatic carbocycles. The standard InChI is InChI=1S/C23H23N5O2S2/c24-19-18-17(15-5-3-9-31-15)14-7-6-12(20(14)28-23(18)32-21(19)22(25)30)10-16(29)27-11-13-4-1-2-8-26-13/h1-5,8-9,12,14,21,23-24H,6-7,10-11H2,(H2,25,30)(H,27,29). The first-order valence-corrected chi connectivity index (χ1v) is 12.4. The second kappa shape index (κ2) is 8.63. The van der Waals surface area contributed by atoms with Gasteiger partial charge in [0.25, 0.3) is 0 Å². The molecule has 2 amide bonds. The number of nitrogens with zero attached hydrogens (tertiary/aromatic N) is 2. The molecule has 3 aliphatic rings. The zero-order valence-corrected chi connectivity index (χ0v) is 18.9. The van der Waals surface area contributed by atoms with Crippen LogP contribution in [0, 0.1) is 17.2 Å². The van der Waals surface area contributed by atoms with Crippen molar-refractivity contribution in [3.8, 4) is 0 Å². The maximum absolute atomic E-state index is 12.7. The fourth-order valence-corrected chi connectivity index (χ4v) is 6.88. The summed E-state index contributed by atoms with van der Waals surface area (Å²) in [6, 6.07) is 9.71. The third-order valence-corrected chi connectivity index (χ3v) is 8.46. The molecule has 4 N–H and O–H groups in total.